The van der Waals surface area contributed by atoms with Gasteiger partial charge < -0.3 is 9.47 Å². The van der Waals surface area contributed by atoms with Crippen molar-refractivity contribution in [2.45, 2.75) is 118 Å². The molecule has 0 unspecified atom stereocenters. The number of ether oxygens (including phenoxy) is 2. The minimum absolute atomic E-state index is 0.0171. The zero-order valence-corrected chi connectivity index (χ0v) is 21.2. The zero-order valence-electron chi connectivity index (χ0n) is 21.2. The van der Waals surface area contributed by atoms with Crippen LogP contribution in [0.1, 0.15) is 106 Å². The smallest absolute Gasteiger partial charge is 0.309 e. The third-order valence-corrected chi connectivity index (χ3v) is 12.1. The van der Waals surface area contributed by atoms with Gasteiger partial charge in [-0.15, -0.1) is 0 Å². The summed E-state index contributed by atoms with van der Waals surface area (Å²) >= 11 is 0. The van der Waals surface area contributed by atoms with Crippen molar-refractivity contribution in [1.29, 1.82) is 0 Å². The predicted octanol–water partition coefficient (Wildman–Crippen LogP) is 6.31. The lowest BCUT2D eigenvalue weighted by Crippen LogP contribution is -2.34. The molecule has 5 aliphatic carbocycles. The van der Waals surface area contributed by atoms with Gasteiger partial charge in [0.25, 0.3) is 0 Å². The van der Waals surface area contributed by atoms with E-state index in [1.165, 1.54) is 25.7 Å². The molecule has 5 rings (SSSR count). The van der Waals surface area contributed by atoms with Gasteiger partial charge in [-0.25, -0.2) is 0 Å². The largest absolute Gasteiger partial charge is 0.462 e. The standard InChI is InChI=1S/C28H44O4/c1-25(2)19-11-13-27(25,5)15-21(19)31-23(29)17-7-9-18(10-8-17)24(30)32-22-16-28(6)14-12-20(22)26(28,3)4/h17-22H,7-16H2,1-6H3/t17?,18?,19-,20-,21-,22-,27+,28+/m1/s1. The van der Waals surface area contributed by atoms with Crippen LogP contribution < -0.4 is 0 Å². The van der Waals surface area contributed by atoms with Gasteiger partial charge in [0.1, 0.15) is 12.2 Å². The number of carbonyl (C=O) groups is 2. The highest BCUT2D eigenvalue weighted by molar-refractivity contribution is 5.75. The van der Waals surface area contributed by atoms with Crippen LogP contribution in [-0.2, 0) is 19.1 Å². The molecule has 5 saturated carbocycles. The highest BCUT2D eigenvalue weighted by Gasteiger charge is 2.63. The maximum Gasteiger partial charge on any atom is 0.309 e. The van der Waals surface area contributed by atoms with Gasteiger partial charge in [-0.2, -0.15) is 0 Å². The van der Waals surface area contributed by atoms with Crippen LogP contribution in [0.3, 0.4) is 0 Å². The molecule has 0 aliphatic heterocycles. The van der Waals surface area contributed by atoms with Gasteiger partial charge in [-0.1, -0.05) is 41.5 Å². The minimum Gasteiger partial charge on any atom is -0.462 e. The summed E-state index contributed by atoms with van der Waals surface area (Å²) < 4.78 is 12.2. The quantitative estimate of drug-likeness (QED) is 0.477. The van der Waals surface area contributed by atoms with Crippen LogP contribution >= 0.6 is 0 Å². The molecule has 5 aliphatic rings. The zero-order chi connectivity index (χ0) is 23.1. The lowest BCUT2D eigenvalue weighted by Gasteiger charge is -2.33. The first kappa shape index (κ1) is 22.7. The van der Waals surface area contributed by atoms with Gasteiger partial charge >= 0.3 is 11.9 Å². The van der Waals surface area contributed by atoms with Gasteiger partial charge in [0, 0.05) is 11.8 Å². The molecule has 4 nitrogen and oxygen atoms in total. The normalized spacial score (nSPS) is 48.1. The van der Waals surface area contributed by atoms with Crippen LogP contribution in [0, 0.1) is 45.3 Å². The molecule has 6 atom stereocenters. The van der Waals surface area contributed by atoms with Crippen LogP contribution in [0.5, 0.6) is 0 Å². The molecule has 0 radical (unpaired) electrons. The second kappa shape index (κ2) is 7.22. The Kier molecular flexibility index (Phi) is 5.12. The van der Waals surface area contributed by atoms with Crippen molar-refractivity contribution < 1.29 is 19.1 Å². The highest BCUT2D eigenvalue weighted by atomic mass is 16.5. The summed E-state index contributed by atoms with van der Waals surface area (Å²) in [6.07, 6.45) is 10.1. The summed E-state index contributed by atoms with van der Waals surface area (Å²) in [5.74, 6) is 0.864. The lowest BCUT2D eigenvalue weighted by atomic mass is 9.71. The van der Waals surface area contributed by atoms with E-state index in [4.69, 9.17) is 9.47 Å². The maximum atomic E-state index is 13.0. The van der Waals surface area contributed by atoms with Crippen molar-refractivity contribution in [3.63, 3.8) is 0 Å². The first-order valence-electron chi connectivity index (χ1n) is 13.3. The topological polar surface area (TPSA) is 52.6 Å². The van der Waals surface area contributed by atoms with Gasteiger partial charge in [0.2, 0.25) is 0 Å². The molecular weight excluding hydrogens is 400 g/mol. The van der Waals surface area contributed by atoms with Crippen molar-refractivity contribution in [3.8, 4) is 0 Å². The fraction of sp³-hybridized carbons (Fsp3) is 0.929. The van der Waals surface area contributed by atoms with E-state index in [1.807, 2.05) is 0 Å². The van der Waals surface area contributed by atoms with E-state index in [1.54, 1.807) is 0 Å². The number of rotatable bonds is 4. The van der Waals surface area contributed by atoms with E-state index >= 15 is 0 Å². The third-order valence-electron chi connectivity index (χ3n) is 12.1. The number of carbonyl (C=O) groups excluding carboxylic acids is 2. The minimum atomic E-state index is -0.0468. The van der Waals surface area contributed by atoms with Crippen LogP contribution in [-0.4, -0.2) is 24.1 Å². The number of hydrogen-bond donors (Lipinski definition) is 0. The first-order chi connectivity index (χ1) is 14.9. The second-order valence-corrected chi connectivity index (χ2v) is 13.8. The highest BCUT2D eigenvalue weighted by Crippen LogP contribution is 2.67. The number of fused-ring (bicyclic) bond motifs is 4. The Morgan fingerprint density at radius 3 is 1.19 bits per heavy atom. The van der Waals surface area contributed by atoms with Crippen molar-refractivity contribution in [1.82, 2.24) is 0 Å². The molecule has 4 heteroatoms. The van der Waals surface area contributed by atoms with Crippen molar-refractivity contribution in [2.24, 2.45) is 45.3 Å². The Labute approximate surface area is 194 Å². The van der Waals surface area contributed by atoms with Crippen LogP contribution in [0.15, 0.2) is 0 Å². The van der Waals surface area contributed by atoms with Crippen LogP contribution in [0.2, 0.25) is 0 Å². The molecule has 0 saturated heterocycles. The number of hydrogen-bond acceptors (Lipinski definition) is 4. The monoisotopic (exact) mass is 444 g/mol. The van der Waals surface area contributed by atoms with Gasteiger partial charge in [-0.3, -0.25) is 9.59 Å². The molecule has 0 heterocycles. The third kappa shape index (κ3) is 3.13. The average molecular weight is 445 g/mol. The summed E-state index contributed by atoms with van der Waals surface area (Å²) in [6.45, 7) is 14.2. The molecule has 0 aromatic carbocycles. The molecule has 0 amide bonds. The molecule has 0 aromatic heterocycles. The van der Waals surface area contributed by atoms with E-state index in [-0.39, 0.29) is 46.8 Å². The Morgan fingerprint density at radius 1 is 0.594 bits per heavy atom. The molecular formula is C28H44O4. The van der Waals surface area contributed by atoms with E-state index < -0.39 is 0 Å². The summed E-state index contributed by atoms with van der Waals surface area (Å²) in [5.41, 5.74) is 1.11. The van der Waals surface area contributed by atoms with E-state index in [0.717, 1.165) is 38.5 Å². The average Bonchev–Trinajstić information content (AvgIpc) is 3.24. The fourth-order valence-corrected chi connectivity index (χ4v) is 8.72. The van der Waals surface area contributed by atoms with E-state index in [0.29, 0.717) is 22.7 Å². The SMILES string of the molecule is CC1(C)[C@@H]2CC[C@@]1(C)C[C@H]2OC(=O)C1CCC(C(=O)O[C@@H]2C[C@]3(C)CC[C@H]2C3(C)C)CC1. The van der Waals surface area contributed by atoms with E-state index in [2.05, 4.69) is 41.5 Å². The number of esters is 2. The molecule has 0 aromatic rings. The van der Waals surface area contributed by atoms with Crippen molar-refractivity contribution in [3.05, 3.63) is 0 Å². The Hall–Kier alpha value is -1.06. The van der Waals surface area contributed by atoms with E-state index in [9.17, 15) is 9.59 Å². The van der Waals surface area contributed by atoms with Crippen LogP contribution in [0.4, 0.5) is 0 Å². The maximum absolute atomic E-state index is 13.0. The second-order valence-electron chi connectivity index (χ2n) is 13.8. The molecule has 4 bridgehead atoms. The first-order valence-corrected chi connectivity index (χ1v) is 13.3. The van der Waals surface area contributed by atoms with Crippen molar-refractivity contribution >= 4 is 11.9 Å². The molecule has 180 valence electrons. The van der Waals surface area contributed by atoms with Crippen LogP contribution in [0.25, 0.3) is 0 Å². The fourth-order valence-electron chi connectivity index (χ4n) is 8.72. The predicted molar refractivity (Wildman–Crippen MR) is 124 cm³/mol. The molecule has 32 heavy (non-hydrogen) atoms. The molecule has 0 spiro atoms. The molecule has 5 fully saturated rings. The Morgan fingerprint density at radius 2 is 0.938 bits per heavy atom. The van der Waals surface area contributed by atoms with Gasteiger partial charge in [0.15, 0.2) is 0 Å². The Balaban J connectivity index is 1.11. The lowest BCUT2D eigenvalue weighted by molar-refractivity contribution is -0.164. The Bertz CT molecular complexity index is 720. The van der Waals surface area contributed by atoms with Crippen molar-refractivity contribution in [2.75, 3.05) is 0 Å². The summed E-state index contributed by atoms with van der Waals surface area (Å²) in [7, 11) is 0. The van der Waals surface area contributed by atoms with Gasteiger partial charge in [-0.05, 0) is 85.9 Å². The summed E-state index contributed by atoms with van der Waals surface area (Å²) in [4.78, 5) is 25.9. The summed E-state index contributed by atoms with van der Waals surface area (Å²) in [5, 5.41) is 0. The van der Waals surface area contributed by atoms with Gasteiger partial charge in [0.05, 0.1) is 11.8 Å². The molecule has 0 N–H and O–H groups in total. The summed E-state index contributed by atoms with van der Waals surface area (Å²) in [6, 6.07) is 0.